The van der Waals surface area contributed by atoms with Crippen molar-refractivity contribution >= 4 is 32.9 Å². The van der Waals surface area contributed by atoms with E-state index in [2.05, 4.69) is 15.9 Å². The second kappa shape index (κ2) is 6.88. The molecule has 0 saturated carbocycles. The SMILES string of the molecule is COc1ccccc1C(=O)OCc1cc(=O)oc2cc(Br)ccc12. The summed E-state index contributed by atoms with van der Waals surface area (Å²) in [5.41, 5.74) is 0.844. The standard InChI is InChI=1S/C18H13BrO5/c1-22-15-5-3-2-4-14(15)18(21)23-10-11-8-17(20)24-16-9-12(19)6-7-13(11)16/h2-9H,10H2,1H3. The lowest BCUT2D eigenvalue weighted by molar-refractivity contribution is 0.0470. The van der Waals surface area contributed by atoms with Gasteiger partial charge in [0.1, 0.15) is 23.5 Å². The maximum atomic E-state index is 12.3. The number of para-hydroxylation sites is 1. The zero-order valence-electron chi connectivity index (χ0n) is 12.7. The van der Waals surface area contributed by atoms with Gasteiger partial charge in [-0.1, -0.05) is 28.1 Å². The van der Waals surface area contributed by atoms with E-state index >= 15 is 0 Å². The van der Waals surface area contributed by atoms with Crippen LogP contribution in [0.25, 0.3) is 11.0 Å². The summed E-state index contributed by atoms with van der Waals surface area (Å²) in [6.07, 6.45) is 0. The van der Waals surface area contributed by atoms with Gasteiger partial charge in [-0.05, 0) is 30.3 Å². The van der Waals surface area contributed by atoms with Gasteiger partial charge in [-0.25, -0.2) is 9.59 Å². The number of carbonyl (C=O) groups is 1. The van der Waals surface area contributed by atoms with Crippen molar-refractivity contribution < 1.29 is 18.7 Å². The third kappa shape index (κ3) is 3.33. The molecule has 5 nitrogen and oxygen atoms in total. The summed E-state index contributed by atoms with van der Waals surface area (Å²) in [4.78, 5) is 23.9. The molecule has 0 radical (unpaired) electrons. The lowest BCUT2D eigenvalue weighted by atomic mass is 10.1. The van der Waals surface area contributed by atoms with Crippen molar-refractivity contribution in [1.29, 1.82) is 0 Å². The number of halogens is 1. The van der Waals surface area contributed by atoms with E-state index < -0.39 is 11.6 Å². The fourth-order valence-electron chi connectivity index (χ4n) is 2.36. The minimum atomic E-state index is -0.522. The number of benzene rings is 2. The Morgan fingerprint density at radius 3 is 2.75 bits per heavy atom. The topological polar surface area (TPSA) is 65.7 Å². The molecule has 0 aliphatic rings. The molecule has 0 fully saturated rings. The molecule has 0 amide bonds. The molecule has 0 unspecified atom stereocenters. The average Bonchev–Trinajstić information content (AvgIpc) is 2.58. The van der Waals surface area contributed by atoms with Crippen molar-refractivity contribution in [2.45, 2.75) is 6.61 Å². The van der Waals surface area contributed by atoms with Crippen LogP contribution in [-0.2, 0) is 11.3 Å². The minimum Gasteiger partial charge on any atom is -0.496 e. The Hall–Kier alpha value is -2.60. The van der Waals surface area contributed by atoms with Gasteiger partial charge >= 0.3 is 11.6 Å². The highest BCUT2D eigenvalue weighted by Gasteiger charge is 2.14. The van der Waals surface area contributed by atoms with Gasteiger partial charge in [-0.15, -0.1) is 0 Å². The van der Waals surface area contributed by atoms with Crippen LogP contribution in [0.4, 0.5) is 0 Å². The summed E-state index contributed by atoms with van der Waals surface area (Å²) in [7, 11) is 1.49. The summed E-state index contributed by atoms with van der Waals surface area (Å²) >= 11 is 3.33. The van der Waals surface area contributed by atoms with Crippen LogP contribution >= 0.6 is 15.9 Å². The maximum absolute atomic E-state index is 12.3. The molecule has 3 rings (SSSR count). The molecule has 6 heteroatoms. The van der Waals surface area contributed by atoms with Gasteiger partial charge in [0.25, 0.3) is 0 Å². The molecule has 0 saturated heterocycles. The molecule has 0 bridgehead atoms. The van der Waals surface area contributed by atoms with Crippen LogP contribution in [0.15, 0.2) is 62.2 Å². The van der Waals surface area contributed by atoms with Crippen LogP contribution in [0.2, 0.25) is 0 Å². The predicted octanol–water partition coefficient (Wildman–Crippen LogP) is 3.92. The molecule has 2 aromatic carbocycles. The maximum Gasteiger partial charge on any atom is 0.342 e. The van der Waals surface area contributed by atoms with Crippen molar-refractivity contribution in [2.75, 3.05) is 7.11 Å². The number of hydrogen-bond donors (Lipinski definition) is 0. The zero-order valence-corrected chi connectivity index (χ0v) is 14.3. The van der Waals surface area contributed by atoms with E-state index in [1.807, 2.05) is 6.07 Å². The first-order valence-electron chi connectivity index (χ1n) is 7.11. The smallest absolute Gasteiger partial charge is 0.342 e. The zero-order chi connectivity index (χ0) is 17.1. The molecule has 0 aliphatic carbocycles. The van der Waals surface area contributed by atoms with Gasteiger partial charge in [0, 0.05) is 21.5 Å². The van der Waals surface area contributed by atoms with Gasteiger partial charge in [0.05, 0.1) is 7.11 Å². The molecule has 0 spiro atoms. The monoisotopic (exact) mass is 388 g/mol. The summed E-state index contributed by atoms with van der Waals surface area (Å²) < 4.78 is 16.4. The van der Waals surface area contributed by atoms with Crippen LogP contribution in [0.1, 0.15) is 15.9 Å². The lowest BCUT2D eigenvalue weighted by Crippen LogP contribution is -2.09. The predicted molar refractivity (Wildman–Crippen MR) is 92.3 cm³/mol. The van der Waals surface area contributed by atoms with Crippen LogP contribution in [-0.4, -0.2) is 13.1 Å². The summed E-state index contributed by atoms with van der Waals surface area (Å²) in [5, 5.41) is 0.714. The highest BCUT2D eigenvalue weighted by atomic mass is 79.9. The van der Waals surface area contributed by atoms with Crippen LogP contribution in [0.5, 0.6) is 5.75 Å². The summed E-state index contributed by atoms with van der Waals surface area (Å²) in [6.45, 7) is -0.0411. The third-order valence-corrected chi connectivity index (χ3v) is 3.97. The normalized spacial score (nSPS) is 10.6. The summed E-state index contributed by atoms with van der Waals surface area (Å²) in [6, 6.07) is 13.4. The van der Waals surface area contributed by atoms with E-state index in [9.17, 15) is 9.59 Å². The number of esters is 1. The highest BCUT2D eigenvalue weighted by Crippen LogP contribution is 2.23. The van der Waals surface area contributed by atoms with Crippen LogP contribution in [0.3, 0.4) is 0 Å². The first-order chi connectivity index (χ1) is 11.6. The molecule has 24 heavy (non-hydrogen) atoms. The number of carbonyl (C=O) groups excluding carboxylic acids is 1. The van der Waals surface area contributed by atoms with Gasteiger partial charge in [0.2, 0.25) is 0 Å². The molecule has 1 aromatic heterocycles. The third-order valence-electron chi connectivity index (χ3n) is 3.48. The molecular formula is C18H13BrO5. The number of fused-ring (bicyclic) bond motifs is 1. The lowest BCUT2D eigenvalue weighted by Gasteiger charge is -2.09. The Kier molecular flexibility index (Phi) is 4.66. The van der Waals surface area contributed by atoms with Crippen molar-refractivity contribution in [3.63, 3.8) is 0 Å². The Bertz CT molecular complexity index is 961. The van der Waals surface area contributed by atoms with Crippen LogP contribution < -0.4 is 10.4 Å². The van der Waals surface area contributed by atoms with E-state index in [4.69, 9.17) is 13.9 Å². The Morgan fingerprint density at radius 1 is 1.17 bits per heavy atom. The van der Waals surface area contributed by atoms with E-state index in [1.54, 1.807) is 36.4 Å². The molecule has 0 aliphatic heterocycles. The molecular weight excluding hydrogens is 376 g/mol. The molecule has 0 N–H and O–H groups in total. The Balaban J connectivity index is 1.88. The fraction of sp³-hybridized carbons (Fsp3) is 0.111. The number of ether oxygens (including phenoxy) is 2. The molecule has 0 atom stereocenters. The van der Waals surface area contributed by atoms with Crippen molar-refractivity contribution in [3.8, 4) is 5.75 Å². The van der Waals surface area contributed by atoms with Gasteiger partial charge in [-0.2, -0.15) is 0 Å². The van der Waals surface area contributed by atoms with Gasteiger partial charge in [-0.3, -0.25) is 0 Å². The fourth-order valence-corrected chi connectivity index (χ4v) is 2.70. The first kappa shape index (κ1) is 16.3. The largest absolute Gasteiger partial charge is 0.496 e. The van der Waals surface area contributed by atoms with Crippen molar-refractivity contribution in [3.05, 3.63) is 74.6 Å². The quantitative estimate of drug-likeness (QED) is 0.500. The molecule has 122 valence electrons. The van der Waals surface area contributed by atoms with Crippen molar-refractivity contribution in [1.82, 2.24) is 0 Å². The van der Waals surface area contributed by atoms with E-state index in [1.165, 1.54) is 13.2 Å². The second-order valence-corrected chi connectivity index (χ2v) is 5.92. The number of rotatable bonds is 4. The second-order valence-electron chi connectivity index (χ2n) is 5.01. The van der Waals surface area contributed by atoms with Gasteiger partial charge in [0.15, 0.2) is 0 Å². The number of hydrogen-bond acceptors (Lipinski definition) is 5. The van der Waals surface area contributed by atoms with Crippen LogP contribution in [0, 0.1) is 0 Å². The first-order valence-corrected chi connectivity index (χ1v) is 7.90. The Morgan fingerprint density at radius 2 is 1.96 bits per heavy atom. The van der Waals surface area contributed by atoms with E-state index in [-0.39, 0.29) is 6.61 Å². The Labute approximate surface area is 145 Å². The molecule has 1 heterocycles. The minimum absolute atomic E-state index is 0.0411. The van der Waals surface area contributed by atoms with Gasteiger partial charge < -0.3 is 13.9 Å². The molecule has 3 aromatic rings. The van der Waals surface area contributed by atoms with Crippen molar-refractivity contribution in [2.24, 2.45) is 0 Å². The number of methoxy groups -OCH3 is 1. The highest BCUT2D eigenvalue weighted by molar-refractivity contribution is 9.10. The van der Waals surface area contributed by atoms with E-state index in [0.29, 0.717) is 27.8 Å². The summed E-state index contributed by atoms with van der Waals surface area (Å²) in [5.74, 6) is -0.0881. The average molecular weight is 389 g/mol. The van der Waals surface area contributed by atoms with E-state index in [0.717, 1.165) is 4.47 Å².